The minimum atomic E-state index is -5.61. The summed E-state index contributed by atoms with van der Waals surface area (Å²) in [7, 11) is -16.4. The van der Waals surface area contributed by atoms with Crippen molar-refractivity contribution in [3.05, 3.63) is 12.7 Å². The van der Waals surface area contributed by atoms with Gasteiger partial charge in [-0.1, -0.05) is 0 Å². The Morgan fingerprint density at radius 1 is 1.19 bits per heavy atom. The topological polar surface area (TPSA) is 239 Å². The molecule has 2 aromatic rings. The number of nitrogens with zero attached hydrogens (tertiary/aromatic N) is 4. The van der Waals surface area contributed by atoms with Crippen LogP contribution in [0.3, 0.4) is 0 Å². The van der Waals surface area contributed by atoms with Crippen LogP contribution < -0.4 is 5.73 Å². The molecule has 4 atom stereocenters. The standard InChI is InChI=1S/C12H19ClN5O11P3/c13-4-12(5-26-31(22,23)29-32(24,25)28-30(19,20)21)2-1-8(27-12)3-18-7-17-9-10(14)15-6-16-11(9)18/h6-8H,1-5H2,(H,22,23)(H,24,25)(H2,14,15,16)(H2,19,20,21)/t8?,12-/m1/s1. The summed E-state index contributed by atoms with van der Waals surface area (Å²) in [5.74, 6) is 0.0474. The Labute approximate surface area is 185 Å². The Balaban J connectivity index is 1.62. The van der Waals surface area contributed by atoms with E-state index < -0.39 is 41.8 Å². The highest BCUT2D eigenvalue weighted by atomic mass is 35.5. The third kappa shape index (κ3) is 6.54. The quantitative estimate of drug-likeness (QED) is 0.209. The minimum Gasteiger partial charge on any atom is -0.382 e. The Kier molecular flexibility index (Phi) is 7.48. The first kappa shape index (κ1) is 25.6. The van der Waals surface area contributed by atoms with Crippen LogP contribution in [-0.2, 0) is 38.1 Å². The first-order chi connectivity index (χ1) is 14.7. The summed E-state index contributed by atoms with van der Waals surface area (Å²) in [6.07, 6.45) is 3.13. The van der Waals surface area contributed by atoms with Gasteiger partial charge in [0, 0.05) is 0 Å². The monoisotopic (exact) mass is 537 g/mol. The number of nitrogens with two attached hydrogens (primary N) is 1. The number of imidazole rings is 1. The van der Waals surface area contributed by atoms with E-state index in [4.69, 9.17) is 31.9 Å². The Hall–Kier alpha value is -0.990. The van der Waals surface area contributed by atoms with Crippen LogP contribution in [0, 0.1) is 0 Å². The number of hydrogen-bond donors (Lipinski definition) is 5. The van der Waals surface area contributed by atoms with Crippen molar-refractivity contribution in [2.24, 2.45) is 0 Å². The number of alkyl halides is 1. The van der Waals surface area contributed by atoms with Crippen molar-refractivity contribution in [2.75, 3.05) is 18.2 Å². The lowest BCUT2D eigenvalue weighted by atomic mass is 10.0. The second-order valence-electron chi connectivity index (χ2n) is 6.79. The molecule has 3 heterocycles. The second-order valence-corrected chi connectivity index (χ2v) is 11.5. The zero-order chi connectivity index (χ0) is 23.8. The van der Waals surface area contributed by atoms with E-state index in [0.717, 1.165) is 0 Å². The lowest BCUT2D eigenvalue weighted by Gasteiger charge is -2.28. The van der Waals surface area contributed by atoms with Gasteiger partial charge in [0.25, 0.3) is 0 Å². The molecule has 0 bridgehead atoms. The summed E-state index contributed by atoms with van der Waals surface area (Å²) in [6.45, 7) is -0.336. The summed E-state index contributed by atoms with van der Waals surface area (Å²) in [6, 6.07) is 0. The molecule has 0 aromatic carbocycles. The fraction of sp³-hybridized carbons (Fsp3) is 0.583. The maximum absolute atomic E-state index is 12.0. The highest BCUT2D eigenvalue weighted by Crippen LogP contribution is 2.66. The van der Waals surface area contributed by atoms with Crippen molar-refractivity contribution in [3.8, 4) is 0 Å². The Bertz CT molecular complexity index is 1130. The molecule has 2 aromatic heterocycles. The first-order valence-corrected chi connectivity index (χ1v) is 13.7. The summed E-state index contributed by atoms with van der Waals surface area (Å²) in [5.41, 5.74) is 5.41. The summed E-state index contributed by atoms with van der Waals surface area (Å²) in [4.78, 5) is 48.1. The number of nitrogen functional groups attached to an aromatic ring is 1. The van der Waals surface area contributed by atoms with Gasteiger partial charge in [-0.2, -0.15) is 8.62 Å². The largest absolute Gasteiger partial charge is 0.490 e. The fourth-order valence-corrected chi connectivity index (χ4v) is 6.39. The highest BCUT2D eigenvalue weighted by Gasteiger charge is 2.45. The van der Waals surface area contributed by atoms with E-state index in [1.807, 2.05) is 0 Å². The van der Waals surface area contributed by atoms with Crippen LogP contribution >= 0.6 is 35.1 Å². The molecule has 1 saturated heterocycles. The molecular formula is C12H19ClN5O11P3. The van der Waals surface area contributed by atoms with Crippen molar-refractivity contribution < 1.29 is 51.2 Å². The smallest absolute Gasteiger partial charge is 0.382 e. The summed E-state index contributed by atoms with van der Waals surface area (Å²) < 4.78 is 53.7. The first-order valence-electron chi connectivity index (χ1n) is 8.67. The number of rotatable bonds is 10. The van der Waals surface area contributed by atoms with Gasteiger partial charge < -0.3 is 34.6 Å². The van der Waals surface area contributed by atoms with E-state index >= 15 is 0 Å². The SMILES string of the molecule is Nc1ncnc2c1ncn2CC1CC[C@@](CCl)(COP(=O)(O)OP(=O)(O)OP(=O)(O)O)O1. The maximum Gasteiger partial charge on any atom is 0.490 e. The van der Waals surface area contributed by atoms with Gasteiger partial charge in [0.05, 0.1) is 31.5 Å². The Morgan fingerprint density at radius 2 is 1.91 bits per heavy atom. The number of hydrogen-bond acceptors (Lipinski definition) is 11. The number of halogens is 1. The van der Waals surface area contributed by atoms with Gasteiger partial charge in [0.15, 0.2) is 11.5 Å². The van der Waals surface area contributed by atoms with Crippen LogP contribution in [0.15, 0.2) is 12.7 Å². The second kappa shape index (κ2) is 9.34. The molecule has 20 heteroatoms. The van der Waals surface area contributed by atoms with Gasteiger partial charge in [-0.15, -0.1) is 11.6 Å². The molecule has 3 rings (SSSR count). The average Bonchev–Trinajstić information content (AvgIpc) is 3.24. The molecule has 180 valence electrons. The molecule has 0 saturated carbocycles. The number of phosphoric ester groups is 1. The predicted octanol–water partition coefficient (Wildman–Crippen LogP) is 0.908. The summed E-state index contributed by atoms with van der Waals surface area (Å²) >= 11 is 5.97. The fourth-order valence-electron chi connectivity index (χ4n) is 3.02. The molecule has 0 amide bonds. The van der Waals surface area contributed by atoms with Crippen molar-refractivity contribution >= 4 is 52.1 Å². The highest BCUT2D eigenvalue weighted by molar-refractivity contribution is 7.66. The normalized spacial score (nSPS) is 25.6. The molecule has 1 aliphatic rings. The third-order valence-electron chi connectivity index (χ3n) is 4.32. The van der Waals surface area contributed by atoms with E-state index in [2.05, 4.69) is 28.1 Å². The number of anilines is 1. The van der Waals surface area contributed by atoms with Crippen LogP contribution in [-0.4, -0.2) is 63.3 Å². The predicted molar refractivity (Wildman–Crippen MR) is 107 cm³/mol. The number of fused-ring (bicyclic) bond motifs is 1. The molecule has 0 spiro atoms. The van der Waals surface area contributed by atoms with Gasteiger partial charge >= 0.3 is 23.5 Å². The van der Waals surface area contributed by atoms with E-state index in [1.165, 1.54) is 12.7 Å². The average molecular weight is 538 g/mol. The maximum atomic E-state index is 12.0. The molecule has 1 aliphatic heterocycles. The van der Waals surface area contributed by atoms with Gasteiger partial charge in [-0.25, -0.2) is 28.6 Å². The van der Waals surface area contributed by atoms with Crippen molar-refractivity contribution in [1.29, 1.82) is 0 Å². The van der Waals surface area contributed by atoms with Gasteiger partial charge in [-0.3, -0.25) is 4.52 Å². The van der Waals surface area contributed by atoms with Crippen molar-refractivity contribution in [3.63, 3.8) is 0 Å². The van der Waals surface area contributed by atoms with Crippen molar-refractivity contribution in [2.45, 2.75) is 31.1 Å². The summed E-state index contributed by atoms with van der Waals surface area (Å²) in [5, 5.41) is 0. The third-order valence-corrected chi connectivity index (χ3v) is 8.59. The van der Waals surface area contributed by atoms with Gasteiger partial charge in [0.2, 0.25) is 0 Å². The van der Waals surface area contributed by atoms with Crippen LogP contribution in [0.2, 0.25) is 0 Å². The molecule has 1 fully saturated rings. The van der Waals surface area contributed by atoms with Gasteiger partial charge in [0.1, 0.15) is 17.4 Å². The van der Waals surface area contributed by atoms with E-state index in [9.17, 15) is 23.5 Å². The molecule has 6 N–H and O–H groups in total. The molecule has 16 nitrogen and oxygen atoms in total. The number of ether oxygens (including phenoxy) is 1. The van der Waals surface area contributed by atoms with Crippen molar-refractivity contribution in [1.82, 2.24) is 19.5 Å². The number of phosphoric acid groups is 3. The van der Waals surface area contributed by atoms with Crippen LogP contribution in [0.5, 0.6) is 0 Å². The van der Waals surface area contributed by atoms with E-state index in [1.54, 1.807) is 4.57 Å². The van der Waals surface area contributed by atoms with Crippen LogP contribution in [0.1, 0.15) is 12.8 Å². The van der Waals surface area contributed by atoms with Gasteiger partial charge in [-0.05, 0) is 12.8 Å². The van der Waals surface area contributed by atoms with E-state index in [-0.39, 0.29) is 11.7 Å². The molecule has 0 aliphatic carbocycles. The Morgan fingerprint density at radius 3 is 2.56 bits per heavy atom. The molecule has 3 unspecified atom stereocenters. The number of aromatic nitrogens is 4. The molecule has 32 heavy (non-hydrogen) atoms. The minimum absolute atomic E-state index is 0.168. The lowest BCUT2D eigenvalue weighted by molar-refractivity contribution is -0.0609. The van der Waals surface area contributed by atoms with Crippen LogP contribution in [0.4, 0.5) is 5.82 Å². The van der Waals surface area contributed by atoms with Crippen LogP contribution in [0.25, 0.3) is 11.2 Å². The zero-order valence-corrected chi connectivity index (χ0v) is 19.4. The lowest BCUT2D eigenvalue weighted by Crippen LogP contribution is -2.37. The molecular weight excluding hydrogens is 519 g/mol. The molecule has 0 radical (unpaired) electrons. The van der Waals surface area contributed by atoms with E-state index in [0.29, 0.717) is 30.6 Å². The zero-order valence-electron chi connectivity index (χ0n) is 16.0.